The summed E-state index contributed by atoms with van der Waals surface area (Å²) < 4.78 is 5.49. The number of nitriles is 1. The van der Waals surface area contributed by atoms with Gasteiger partial charge < -0.3 is 9.73 Å². The van der Waals surface area contributed by atoms with Crippen molar-refractivity contribution >= 4 is 46.3 Å². The van der Waals surface area contributed by atoms with Crippen molar-refractivity contribution in [3.8, 4) is 16.8 Å². The summed E-state index contributed by atoms with van der Waals surface area (Å²) in [7, 11) is 0. The molecule has 0 fully saturated rings. The van der Waals surface area contributed by atoms with E-state index in [4.69, 9.17) is 21.3 Å². The fraction of sp³-hybridized carbons (Fsp3) is 0.0667. The minimum atomic E-state index is -0.297. The molecule has 0 bridgehead atoms. The van der Waals surface area contributed by atoms with Crippen molar-refractivity contribution in [2.45, 2.75) is 5.22 Å². The SMILES string of the molecule is N#Cc1ccc(Cl)cc1NC(=O)CSc1nnc(-c2cccs2)o1. The quantitative estimate of drug-likeness (QED) is 0.675. The van der Waals surface area contributed by atoms with Crippen molar-refractivity contribution in [1.82, 2.24) is 10.2 Å². The molecule has 3 rings (SSSR count). The first-order valence-electron chi connectivity index (χ1n) is 6.65. The van der Waals surface area contributed by atoms with Crippen molar-refractivity contribution in [2.75, 3.05) is 11.1 Å². The molecule has 120 valence electrons. The van der Waals surface area contributed by atoms with Gasteiger partial charge in [0.1, 0.15) is 6.07 Å². The number of thiophene rings is 1. The monoisotopic (exact) mass is 376 g/mol. The third-order valence-corrected chi connectivity index (χ3v) is 4.75. The van der Waals surface area contributed by atoms with E-state index >= 15 is 0 Å². The van der Waals surface area contributed by atoms with Gasteiger partial charge in [-0.3, -0.25) is 4.79 Å². The van der Waals surface area contributed by atoms with E-state index in [-0.39, 0.29) is 11.7 Å². The standard InChI is InChI=1S/C15H9ClN4O2S2/c16-10-4-3-9(7-17)11(6-10)18-13(21)8-24-15-20-19-14(22-15)12-2-1-5-23-12/h1-6H,8H2,(H,18,21). The van der Waals surface area contributed by atoms with Crippen molar-refractivity contribution in [3.63, 3.8) is 0 Å². The summed E-state index contributed by atoms with van der Waals surface area (Å²) in [5, 5.41) is 22.2. The molecule has 1 amide bonds. The lowest BCUT2D eigenvalue weighted by atomic mass is 10.2. The van der Waals surface area contributed by atoms with Gasteiger partial charge in [-0.2, -0.15) is 5.26 Å². The van der Waals surface area contributed by atoms with E-state index in [1.54, 1.807) is 12.1 Å². The number of thioether (sulfide) groups is 1. The van der Waals surface area contributed by atoms with E-state index in [0.717, 1.165) is 16.6 Å². The molecule has 1 aromatic carbocycles. The highest BCUT2D eigenvalue weighted by molar-refractivity contribution is 7.99. The first-order chi connectivity index (χ1) is 11.7. The number of amides is 1. The van der Waals surface area contributed by atoms with Crippen LogP contribution >= 0.6 is 34.7 Å². The zero-order chi connectivity index (χ0) is 16.9. The molecule has 24 heavy (non-hydrogen) atoms. The molecule has 1 N–H and O–H groups in total. The van der Waals surface area contributed by atoms with Crippen molar-refractivity contribution in [1.29, 1.82) is 5.26 Å². The smallest absolute Gasteiger partial charge is 0.277 e. The lowest BCUT2D eigenvalue weighted by Crippen LogP contribution is -2.15. The number of carbonyl (C=O) groups excluding carboxylic acids is 1. The third-order valence-electron chi connectivity index (χ3n) is 2.84. The Kier molecular flexibility index (Phi) is 5.15. The minimum absolute atomic E-state index is 0.0729. The number of nitrogens with zero attached hydrogens (tertiary/aromatic N) is 3. The Morgan fingerprint density at radius 1 is 1.42 bits per heavy atom. The Morgan fingerprint density at radius 2 is 2.29 bits per heavy atom. The van der Waals surface area contributed by atoms with Gasteiger partial charge in [0.15, 0.2) is 0 Å². The van der Waals surface area contributed by atoms with E-state index in [9.17, 15) is 4.79 Å². The number of nitrogens with one attached hydrogen (secondary N) is 1. The molecule has 9 heteroatoms. The zero-order valence-electron chi connectivity index (χ0n) is 12.0. The van der Waals surface area contributed by atoms with Crippen LogP contribution in [0.5, 0.6) is 0 Å². The molecule has 0 saturated heterocycles. The zero-order valence-corrected chi connectivity index (χ0v) is 14.4. The fourth-order valence-electron chi connectivity index (χ4n) is 1.80. The molecule has 0 aliphatic rings. The van der Waals surface area contributed by atoms with Crippen LogP contribution in [0.15, 0.2) is 45.4 Å². The summed E-state index contributed by atoms with van der Waals surface area (Å²) >= 11 is 8.50. The van der Waals surface area contributed by atoms with Crippen molar-refractivity contribution < 1.29 is 9.21 Å². The summed E-state index contributed by atoms with van der Waals surface area (Å²) in [5.41, 5.74) is 0.718. The molecule has 0 spiro atoms. The lowest BCUT2D eigenvalue weighted by Gasteiger charge is -2.06. The molecule has 0 saturated carbocycles. The van der Waals surface area contributed by atoms with E-state index in [2.05, 4.69) is 15.5 Å². The van der Waals surface area contributed by atoms with Crippen molar-refractivity contribution in [3.05, 3.63) is 46.3 Å². The Morgan fingerprint density at radius 3 is 3.04 bits per heavy atom. The van der Waals surface area contributed by atoms with Crippen LogP contribution in [0.3, 0.4) is 0 Å². The molecule has 2 aromatic heterocycles. The number of carbonyl (C=O) groups is 1. The van der Waals surface area contributed by atoms with Crippen LogP contribution in [0, 0.1) is 11.3 Å². The van der Waals surface area contributed by atoms with Gasteiger partial charge in [0.05, 0.1) is 21.9 Å². The Balaban J connectivity index is 1.60. The maximum absolute atomic E-state index is 12.0. The Bertz CT molecular complexity index is 903. The highest BCUT2D eigenvalue weighted by Crippen LogP contribution is 2.27. The second kappa shape index (κ2) is 7.49. The summed E-state index contributed by atoms with van der Waals surface area (Å²) in [4.78, 5) is 12.9. The molecule has 0 aliphatic carbocycles. The number of rotatable bonds is 5. The van der Waals surface area contributed by atoms with Crippen molar-refractivity contribution in [2.24, 2.45) is 0 Å². The molecular formula is C15H9ClN4O2S2. The number of anilines is 1. The summed E-state index contributed by atoms with van der Waals surface area (Å²) in [6, 6.07) is 10.4. The molecule has 0 unspecified atom stereocenters. The molecule has 6 nitrogen and oxygen atoms in total. The van der Waals surface area contributed by atoms with E-state index < -0.39 is 0 Å². The number of hydrogen-bond acceptors (Lipinski definition) is 7. The fourth-order valence-corrected chi connectivity index (χ4v) is 3.18. The van der Waals surface area contributed by atoms with Crippen LogP contribution in [0.25, 0.3) is 10.8 Å². The first-order valence-corrected chi connectivity index (χ1v) is 8.89. The average molecular weight is 377 g/mol. The van der Waals surface area contributed by atoms with Gasteiger partial charge in [0.25, 0.3) is 11.1 Å². The van der Waals surface area contributed by atoms with Crippen LogP contribution in [0.2, 0.25) is 5.02 Å². The Labute approximate surface area is 150 Å². The van der Waals surface area contributed by atoms with E-state index in [1.165, 1.54) is 17.4 Å². The largest absolute Gasteiger partial charge is 0.410 e. The van der Waals surface area contributed by atoms with Crippen LogP contribution in [0.4, 0.5) is 5.69 Å². The van der Waals surface area contributed by atoms with Gasteiger partial charge in [-0.15, -0.1) is 21.5 Å². The third kappa shape index (κ3) is 3.94. The highest BCUT2D eigenvalue weighted by Gasteiger charge is 2.13. The Hall–Kier alpha value is -2.34. The maximum atomic E-state index is 12.0. The van der Waals surface area contributed by atoms with Gasteiger partial charge in [-0.25, -0.2) is 0 Å². The molecule has 2 heterocycles. The summed E-state index contributed by atoms with van der Waals surface area (Å²) in [5.74, 6) is 0.202. The second-order valence-corrected chi connectivity index (χ2v) is 6.80. The van der Waals surface area contributed by atoms with Crippen LogP contribution in [-0.4, -0.2) is 21.9 Å². The molecule has 0 radical (unpaired) electrons. The van der Waals surface area contributed by atoms with E-state index in [0.29, 0.717) is 27.4 Å². The highest BCUT2D eigenvalue weighted by atomic mass is 35.5. The lowest BCUT2D eigenvalue weighted by molar-refractivity contribution is -0.113. The van der Waals surface area contributed by atoms with Gasteiger partial charge >= 0.3 is 0 Å². The first kappa shape index (κ1) is 16.5. The van der Waals surface area contributed by atoms with Crippen LogP contribution in [-0.2, 0) is 4.79 Å². The van der Waals surface area contributed by atoms with Gasteiger partial charge in [0, 0.05) is 5.02 Å². The summed E-state index contributed by atoms with van der Waals surface area (Å²) in [6.45, 7) is 0. The number of halogens is 1. The number of benzene rings is 1. The minimum Gasteiger partial charge on any atom is -0.410 e. The molecule has 0 atom stereocenters. The number of hydrogen-bond donors (Lipinski definition) is 1. The van der Waals surface area contributed by atoms with Gasteiger partial charge in [-0.1, -0.05) is 29.4 Å². The predicted molar refractivity (Wildman–Crippen MR) is 93.1 cm³/mol. The van der Waals surface area contributed by atoms with Crippen LogP contribution < -0.4 is 5.32 Å². The maximum Gasteiger partial charge on any atom is 0.277 e. The summed E-state index contributed by atoms with van der Waals surface area (Å²) in [6.07, 6.45) is 0. The predicted octanol–water partition coefficient (Wildman–Crippen LogP) is 4.05. The number of aromatic nitrogens is 2. The van der Waals surface area contributed by atoms with Gasteiger partial charge in [0.2, 0.25) is 5.91 Å². The van der Waals surface area contributed by atoms with Crippen LogP contribution in [0.1, 0.15) is 5.56 Å². The molecule has 0 aliphatic heterocycles. The molecule has 3 aromatic rings. The normalized spacial score (nSPS) is 10.3. The molecular weight excluding hydrogens is 368 g/mol. The second-order valence-electron chi connectivity index (χ2n) is 4.49. The average Bonchev–Trinajstić information content (AvgIpc) is 3.24. The topological polar surface area (TPSA) is 91.8 Å². The van der Waals surface area contributed by atoms with E-state index in [1.807, 2.05) is 23.6 Å². The van der Waals surface area contributed by atoms with Gasteiger partial charge in [-0.05, 0) is 29.6 Å².